The van der Waals surface area contributed by atoms with Crippen LogP contribution in [0.1, 0.15) is 133 Å². The second kappa shape index (κ2) is 15.5. The average molecular weight is 788 g/mol. The van der Waals surface area contributed by atoms with Gasteiger partial charge in [0.25, 0.3) is 0 Å². The summed E-state index contributed by atoms with van der Waals surface area (Å²) in [5, 5.41) is 5.57. The van der Waals surface area contributed by atoms with Crippen molar-refractivity contribution in [1.82, 2.24) is 0 Å². The van der Waals surface area contributed by atoms with Gasteiger partial charge in [0.15, 0.2) is 0 Å². The zero-order chi connectivity index (χ0) is 39.2. The predicted octanol–water partition coefficient (Wildman–Crippen LogP) is 14.7. The maximum atomic E-state index is 3.43. The molecule has 0 saturated heterocycles. The molecule has 0 heterocycles. The molecule has 0 nitrogen and oxygen atoms in total. The third-order valence-corrected chi connectivity index (χ3v) is 13.0. The predicted molar refractivity (Wildman–Crippen MR) is 234 cm³/mol. The summed E-state index contributed by atoms with van der Waals surface area (Å²) < 4.78 is 1.42. The van der Waals surface area contributed by atoms with Crippen LogP contribution in [0.15, 0.2) is 109 Å². The van der Waals surface area contributed by atoms with Gasteiger partial charge >= 0.3 is 112 Å². The zero-order valence-electron chi connectivity index (χ0n) is 35.0. The van der Waals surface area contributed by atoms with E-state index in [2.05, 4.69) is 192 Å². The molecule has 0 radical (unpaired) electrons. The number of aryl methyl sites for hydroxylation is 2. The van der Waals surface area contributed by atoms with Crippen molar-refractivity contribution in [3.63, 3.8) is 0 Å². The molecule has 1 unspecified atom stereocenters. The summed E-state index contributed by atoms with van der Waals surface area (Å²) in [4.78, 5) is 0. The standard InChI is InChI=1S/C25H25.C15H14.C13H21.Zr/c1-14-12-24(3,4)22-8-16-7-17-9-23-19(15(2)13-25(23,5)6)11-21(17)20(16)10-18(14)22;1-12-3-7-14(8-4-12)11-15-9-5-13(2)6-10-15;1-5-6-7-11-8-9-12(10-11)13(2,3)4;/h7-13H,1-6H3;3-10H,1-2H3;9-11H,5-7H2,1-4H3;/q-1;;-1;+2. The van der Waals surface area contributed by atoms with Gasteiger partial charge in [0.1, 0.15) is 0 Å². The number of hydrogen-bond donors (Lipinski definition) is 0. The fraction of sp³-hybridized carbons (Fsp3) is 0.358. The van der Waals surface area contributed by atoms with Crippen LogP contribution in [-0.2, 0) is 35.1 Å². The van der Waals surface area contributed by atoms with Crippen molar-refractivity contribution in [3.8, 4) is 0 Å². The van der Waals surface area contributed by atoms with Crippen LogP contribution in [0.25, 0.3) is 32.7 Å². The summed E-state index contributed by atoms with van der Waals surface area (Å²) >= 11 is 1.46. The van der Waals surface area contributed by atoms with E-state index in [9.17, 15) is 0 Å². The van der Waals surface area contributed by atoms with Gasteiger partial charge < -0.3 is 0 Å². The molecule has 0 spiro atoms. The molecule has 0 amide bonds. The van der Waals surface area contributed by atoms with Crippen LogP contribution < -0.4 is 0 Å². The van der Waals surface area contributed by atoms with Gasteiger partial charge in [-0.15, -0.1) is 39.7 Å². The minimum atomic E-state index is 0.139. The first-order chi connectivity index (χ1) is 25.4. The average Bonchev–Trinajstić information content (AvgIpc) is 3.84. The van der Waals surface area contributed by atoms with Crippen LogP contribution in [-0.4, -0.2) is 3.21 Å². The Balaban J connectivity index is 0.000000149. The second-order valence-electron chi connectivity index (χ2n) is 18.3. The Labute approximate surface area is 341 Å². The van der Waals surface area contributed by atoms with E-state index in [0.29, 0.717) is 11.3 Å². The Morgan fingerprint density at radius 1 is 0.704 bits per heavy atom. The fourth-order valence-corrected chi connectivity index (χ4v) is 9.21. The summed E-state index contributed by atoms with van der Waals surface area (Å²) in [6.07, 6.45) is 16.7. The Morgan fingerprint density at radius 2 is 1.15 bits per heavy atom. The van der Waals surface area contributed by atoms with E-state index in [1.165, 1.54) is 129 Å². The monoisotopic (exact) mass is 786 g/mol. The normalized spacial score (nSPS) is 17.6. The van der Waals surface area contributed by atoms with Crippen molar-refractivity contribution in [2.45, 2.75) is 113 Å². The molecule has 0 aromatic heterocycles. The second-order valence-corrected chi connectivity index (χ2v) is 19.5. The number of unbranched alkanes of at least 4 members (excludes halogenated alkanes) is 1. The van der Waals surface area contributed by atoms with E-state index in [0.717, 1.165) is 0 Å². The molecular weight excluding hydrogens is 728 g/mol. The summed E-state index contributed by atoms with van der Waals surface area (Å²) in [7, 11) is 0. The molecule has 0 aliphatic heterocycles. The van der Waals surface area contributed by atoms with Gasteiger partial charge in [-0.3, -0.25) is 6.08 Å². The molecule has 0 saturated carbocycles. The number of allylic oxidation sites excluding steroid dienone is 8. The van der Waals surface area contributed by atoms with E-state index >= 15 is 0 Å². The summed E-state index contributed by atoms with van der Waals surface area (Å²) in [6, 6.07) is 29.6. The third kappa shape index (κ3) is 8.48. The van der Waals surface area contributed by atoms with Crippen molar-refractivity contribution in [3.05, 3.63) is 159 Å². The maximum absolute atomic E-state index is 3.43. The van der Waals surface area contributed by atoms with Crippen molar-refractivity contribution in [2.75, 3.05) is 0 Å². The van der Waals surface area contributed by atoms with Crippen molar-refractivity contribution in [2.24, 2.45) is 11.3 Å². The molecule has 5 aromatic carbocycles. The zero-order valence-corrected chi connectivity index (χ0v) is 37.5. The van der Waals surface area contributed by atoms with E-state index in [1.807, 2.05) is 0 Å². The van der Waals surface area contributed by atoms with Gasteiger partial charge in [-0.2, -0.15) is 11.6 Å². The van der Waals surface area contributed by atoms with Crippen LogP contribution in [0.5, 0.6) is 0 Å². The Hall–Kier alpha value is -3.54. The number of benzene rings is 4. The molecular formula is C53H60Zr. The SMILES string of the molecule is CC1=CC(C)(C)c2cc3[cH-]c4cc5c(cc4c3cc21)C(C)=CC5(C)C.CCCCC1[C-]=CC(C(C)(C)C)=C1.Cc1ccc([C](=[Zr+2])c2ccc(C)cc2)cc1. The Kier molecular flexibility index (Phi) is 11.5. The molecule has 0 fully saturated rings. The fourth-order valence-electron chi connectivity index (χ4n) is 8.39. The molecule has 0 bridgehead atoms. The van der Waals surface area contributed by atoms with E-state index in [-0.39, 0.29) is 10.8 Å². The Morgan fingerprint density at radius 3 is 1.54 bits per heavy atom. The molecule has 8 rings (SSSR count). The molecule has 1 heteroatoms. The quantitative estimate of drug-likeness (QED) is 0.156. The molecule has 3 aliphatic rings. The first kappa shape index (κ1) is 40.1. The van der Waals surface area contributed by atoms with Crippen LogP contribution >= 0.6 is 0 Å². The summed E-state index contributed by atoms with van der Waals surface area (Å²) in [5.74, 6) is 0.592. The van der Waals surface area contributed by atoms with Gasteiger partial charge in [-0.1, -0.05) is 121 Å². The minimum absolute atomic E-state index is 0.139. The van der Waals surface area contributed by atoms with E-state index < -0.39 is 0 Å². The summed E-state index contributed by atoms with van der Waals surface area (Å²) in [6.45, 7) is 27.1. The van der Waals surface area contributed by atoms with Crippen LogP contribution in [0.3, 0.4) is 0 Å². The molecule has 3 aliphatic carbocycles. The van der Waals surface area contributed by atoms with Gasteiger partial charge in [0, 0.05) is 10.8 Å². The van der Waals surface area contributed by atoms with Crippen LogP contribution in [0.2, 0.25) is 0 Å². The molecule has 54 heavy (non-hydrogen) atoms. The first-order valence-corrected chi connectivity index (χ1v) is 21.3. The van der Waals surface area contributed by atoms with Gasteiger partial charge in [0.05, 0.1) is 0 Å². The number of hydrogen-bond acceptors (Lipinski definition) is 0. The van der Waals surface area contributed by atoms with Crippen molar-refractivity contribution < 1.29 is 24.2 Å². The molecule has 1 atom stereocenters. The number of fused-ring (bicyclic) bond motifs is 5. The third-order valence-electron chi connectivity index (χ3n) is 11.6. The number of rotatable bonds is 5. The molecule has 5 aromatic rings. The van der Waals surface area contributed by atoms with Crippen molar-refractivity contribution >= 4 is 35.9 Å². The van der Waals surface area contributed by atoms with Crippen LogP contribution in [0.4, 0.5) is 0 Å². The van der Waals surface area contributed by atoms with Crippen molar-refractivity contribution in [1.29, 1.82) is 0 Å². The van der Waals surface area contributed by atoms with E-state index in [1.54, 1.807) is 0 Å². The first-order valence-electron chi connectivity index (χ1n) is 20.0. The Bertz CT molecular complexity index is 2180. The summed E-state index contributed by atoms with van der Waals surface area (Å²) in [5.41, 5.74) is 16.0. The topological polar surface area (TPSA) is 0 Å². The molecule has 0 N–H and O–H groups in total. The van der Waals surface area contributed by atoms with Gasteiger partial charge in [-0.05, 0) is 36.1 Å². The van der Waals surface area contributed by atoms with E-state index in [4.69, 9.17) is 0 Å². The van der Waals surface area contributed by atoms with Gasteiger partial charge in [0.2, 0.25) is 0 Å². The van der Waals surface area contributed by atoms with Gasteiger partial charge in [-0.25, -0.2) is 6.08 Å². The van der Waals surface area contributed by atoms with Crippen LogP contribution in [0, 0.1) is 31.3 Å². The molecule has 276 valence electrons.